The summed E-state index contributed by atoms with van der Waals surface area (Å²) in [6.07, 6.45) is 1.30. The fraction of sp³-hybridized carbons (Fsp3) is 0.562. The maximum absolute atomic E-state index is 12.8. The van der Waals surface area contributed by atoms with E-state index in [1.165, 1.54) is 25.3 Å². The number of nitriles is 1. The number of piperidine rings is 1. The lowest BCUT2D eigenvalue weighted by atomic mass is 9.91. The van der Waals surface area contributed by atoms with E-state index in [0.29, 0.717) is 17.6 Å². The number of hydrogen-bond acceptors (Lipinski definition) is 2. The summed E-state index contributed by atoms with van der Waals surface area (Å²) in [4.78, 5) is 2.17. The van der Waals surface area contributed by atoms with E-state index < -0.39 is 11.7 Å². The molecule has 2 atom stereocenters. The van der Waals surface area contributed by atoms with Crippen LogP contribution in [0.15, 0.2) is 18.2 Å². The summed E-state index contributed by atoms with van der Waals surface area (Å²) in [7, 11) is 0. The SMILES string of the molecule is N#Cc1cc(C(F)(F)F)ccc1N1CCCC2CCCC21. The molecule has 1 saturated carbocycles. The third-order valence-electron chi connectivity index (χ3n) is 4.75. The largest absolute Gasteiger partial charge is 0.416 e. The zero-order valence-corrected chi connectivity index (χ0v) is 11.7. The molecule has 3 rings (SSSR count). The van der Waals surface area contributed by atoms with Gasteiger partial charge in [0, 0.05) is 12.6 Å². The van der Waals surface area contributed by atoms with Crippen LogP contribution in [-0.2, 0) is 6.18 Å². The number of anilines is 1. The van der Waals surface area contributed by atoms with Crippen LogP contribution in [0, 0.1) is 17.2 Å². The van der Waals surface area contributed by atoms with Crippen molar-refractivity contribution in [3.8, 4) is 6.07 Å². The molecule has 1 aromatic carbocycles. The molecule has 2 aliphatic rings. The Balaban J connectivity index is 1.96. The van der Waals surface area contributed by atoms with Gasteiger partial charge in [0.1, 0.15) is 6.07 Å². The van der Waals surface area contributed by atoms with Crippen LogP contribution in [0.2, 0.25) is 0 Å². The van der Waals surface area contributed by atoms with Gasteiger partial charge < -0.3 is 4.90 Å². The first-order valence-electron chi connectivity index (χ1n) is 7.38. The molecule has 2 nitrogen and oxygen atoms in total. The Morgan fingerprint density at radius 3 is 2.62 bits per heavy atom. The van der Waals surface area contributed by atoms with Crippen LogP contribution in [0.4, 0.5) is 18.9 Å². The van der Waals surface area contributed by atoms with Gasteiger partial charge in [-0.3, -0.25) is 0 Å². The number of hydrogen-bond donors (Lipinski definition) is 0. The maximum atomic E-state index is 12.8. The summed E-state index contributed by atoms with van der Waals surface area (Å²) in [5, 5.41) is 9.24. The minimum atomic E-state index is -4.40. The molecular formula is C16H17F3N2. The van der Waals surface area contributed by atoms with Crippen molar-refractivity contribution in [2.45, 2.75) is 44.3 Å². The third-order valence-corrected chi connectivity index (χ3v) is 4.75. The van der Waals surface area contributed by atoms with Crippen LogP contribution < -0.4 is 4.90 Å². The molecule has 0 spiro atoms. The Morgan fingerprint density at radius 1 is 1.14 bits per heavy atom. The molecule has 1 heterocycles. The van der Waals surface area contributed by atoms with Crippen molar-refractivity contribution in [3.05, 3.63) is 29.3 Å². The average Bonchev–Trinajstić information content (AvgIpc) is 2.94. The summed E-state index contributed by atoms with van der Waals surface area (Å²) in [5.74, 6) is 0.632. The van der Waals surface area contributed by atoms with Crippen molar-refractivity contribution in [1.29, 1.82) is 5.26 Å². The standard InChI is InChI=1S/C16H17F3N2/c17-16(18,19)13-6-7-15(12(9-13)10-20)21-8-2-4-11-3-1-5-14(11)21/h6-7,9,11,14H,1-5,8H2. The number of benzene rings is 1. The Bertz CT molecular complexity index is 574. The molecule has 0 N–H and O–H groups in total. The van der Waals surface area contributed by atoms with Crippen LogP contribution in [0.5, 0.6) is 0 Å². The molecule has 1 saturated heterocycles. The van der Waals surface area contributed by atoms with Crippen LogP contribution in [0.25, 0.3) is 0 Å². The lowest BCUT2D eigenvalue weighted by Gasteiger charge is -2.40. The second kappa shape index (κ2) is 5.25. The molecule has 1 aliphatic heterocycles. The molecule has 1 aliphatic carbocycles. The Labute approximate surface area is 122 Å². The van der Waals surface area contributed by atoms with Crippen molar-refractivity contribution < 1.29 is 13.2 Å². The first-order chi connectivity index (χ1) is 10.0. The van der Waals surface area contributed by atoms with Crippen molar-refractivity contribution in [3.63, 3.8) is 0 Å². The van der Waals surface area contributed by atoms with E-state index in [2.05, 4.69) is 4.90 Å². The van der Waals surface area contributed by atoms with Gasteiger partial charge in [-0.2, -0.15) is 18.4 Å². The highest BCUT2D eigenvalue weighted by molar-refractivity contribution is 5.61. The molecule has 0 radical (unpaired) electrons. The van der Waals surface area contributed by atoms with Crippen LogP contribution in [-0.4, -0.2) is 12.6 Å². The first-order valence-corrected chi connectivity index (χ1v) is 7.38. The predicted molar refractivity (Wildman–Crippen MR) is 73.9 cm³/mol. The van der Waals surface area contributed by atoms with Gasteiger partial charge in [-0.05, 0) is 49.8 Å². The topological polar surface area (TPSA) is 27.0 Å². The van der Waals surface area contributed by atoms with Gasteiger partial charge in [-0.25, -0.2) is 0 Å². The van der Waals surface area contributed by atoms with E-state index in [4.69, 9.17) is 0 Å². The van der Waals surface area contributed by atoms with E-state index >= 15 is 0 Å². The van der Waals surface area contributed by atoms with E-state index in [1.54, 1.807) is 0 Å². The Hall–Kier alpha value is -1.70. The van der Waals surface area contributed by atoms with Crippen molar-refractivity contribution in [2.75, 3.05) is 11.4 Å². The monoisotopic (exact) mass is 294 g/mol. The number of nitrogens with zero attached hydrogens (tertiary/aromatic N) is 2. The second-order valence-corrected chi connectivity index (χ2v) is 5.94. The number of rotatable bonds is 1. The molecule has 2 fully saturated rings. The zero-order valence-electron chi connectivity index (χ0n) is 11.7. The molecule has 21 heavy (non-hydrogen) atoms. The van der Waals surface area contributed by atoms with Gasteiger partial charge in [0.25, 0.3) is 0 Å². The van der Waals surface area contributed by atoms with Crippen LogP contribution >= 0.6 is 0 Å². The summed E-state index contributed by atoms with van der Waals surface area (Å²) in [6, 6.07) is 5.88. The summed E-state index contributed by atoms with van der Waals surface area (Å²) in [6.45, 7) is 0.835. The minimum Gasteiger partial charge on any atom is -0.367 e. The van der Waals surface area contributed by atoms with Gasteiger partial charge in [0.15, 0.2) is 0 Å². The lowest BCUT2D eigenvalue weighted by molar-refractivity contribution is -0.137. The normalized spacial score (nSPS) is 25.5. The van der Waals surface area contributed by atoms with E-state index in [9.17, 15) is 18.4 Å². The van der Waals surface area contributed by atoms with Gasteiger partial charge in [-0.1, -0.05) is 6.42 Å². The highest BCUT2D eigenvalue weighted by Crippen LogP contribution is 2.41. The molecule has 0 aromatic heterocycles. The first kappa shape index (κ1) is 14.2. The fourth-order valence-electron chi connectivity index (χ4n) is 3.81. The van der Waals surface area contributed by atoms with Gasteiger partial charge >= 0.3 is 6.18 Å². The maximum Gasteiger partial charge on any atom is 0.416 e. The molecule has 112 valence electrons. The van der Waals surface area contributed by atoms with Gasteiger partial charge in [-0.15, -0.1) is 0 Å². The molecule has 2 unspecified atom stereocenters. The van der Waals surface area contributed by atoms with Gasteiger partial charge in [0.05, 0.1) is 16.8 Å². The smallest absolute Gasteiger partial charge is 0.367 e. The summed E-state index contributed by atoms with van der Waals surface area (Å²) < 4.78 is 38.3. The summed E-state index contributed by atoms with van der Waals surface area (Å²) in [5.41, 5.74) is 0.0576. The summed E-state index contributed by atoms with van der Waals surface area (Å²) >= 11 is 0. The Morgan fingerprint density at radius 2 is 1.90 bits per heavy atom. The van der Waals surface area contributed by atoms with E-state index in [1.807, 2.05) is 6.07 Å². The highest BCUT2D eigenvalue weighted by atomic mass is 19.4. The van der Waals surface area contributed by atoms with Crippen molar-refractivity contribution in [1.82, 2.24) is 0 Å². The number of halogens is 3. The van der Waals surface area contributed by atoms with Crippen LogP contribution in [0.3, 0.4) is 0 Å². The van der Waals surface area contributed by atoms with Crippen molar-refractivity contribution >= 4 is 5.69 Å². The molecule has 1 aromatic rings. The Kier molecular flexibility index (Phi) is 3.56. The second-order valence-electron chi connectivity index (χ2n) is 5.94. The number of fused-ring (bicyclic) bond motifs is 1. The fourth-order valence-corrected chi connectivity index (χ4v) is 3.81. The lowest BCUT2D eigenvalue weighted by Crippen LogP contribution is -2.43. The highest BCUT2D eigenvalue weighted by Gasteiger charge is 2.37. The van der Waals surface area contributed by atoms with E-state index in [0.717, 1.165) is 31.5 Å². The average molecular weight is 294 g/mol. The molecule has 5 heteroatoms. The third kappa shape index (κ3) is 2.59. The molecular weight excluding hydrogens is 277 g/mol. The number of alkyl halides is 3. The minimum absolute atomic E-state index is 0.136. The van der Waals surface area contributed by atoms with Crippen LogP contribution in [0.1, 0.15) is 43.2 Å². The predicted octanol–water partition coefficient (Wildman–Crippen LogP) is 4.35. The van der Waals surface area contributed by atoms with E-state index in [-0.39, 0.29) is 5.56 Å². The van der Waals surface area contributed by atoms with Crippen molar-refractivity contribution in [2.24, 2.45) is 5.92 Å². The quantitative estimate of drug-likeness (QED) is 0.770. The molecule has 0 bridgehead atoms. The zero-order chi connectivity index (χ0) is 15.0. The van der Waals surface area contributed by atoms with Gasteiger partial charge in [0.2, 0.25) is 0 Å². The molecule has 0 amide bonds.